The van der Waals surface area contributed by atoms with E-state index < -0.39 is 6.04 Å². The maximum absolute atomic E-state index is 12.9. The smallest absolute Gasteiger partial charge is 0.255 e. The summed E-state index contributed by atoms with van der Waals surface area (Å²) in [7, 11) is 0. The molecule has 6 rings (SSSR count). The molecule has 1 unspecified atom stereocenters. The quantitative estimate of drug-likeness (QED) is 0.575. The molecule has 1 spiro atoms. The molecule has 0 radical (unpaired) electrons. The lowest BCUT2D eigenvalue weighted by atomic mass is 9.48. The van der Waals surface area contributed by atoms with Crippen molar-refractivity contribution in [2.24, 2.45) is 5.41 Å². The Morgan fingerprint density at radius 3 is 2.53 bits per heavy atom. The number of piperidine rings is 1. The van der Waals surface area contributed by atoms with Gasteiger partial charge in [0.15, 0.2) is 0 Å². The number of fused-ring (bicyclic) bond motifs is 1. The molecule has 2 saturated heterocycles. The van der Waals surface area contributed by atoms with E-state index in [1.165, 1.54) is 18.4 Å². The van der Waals surface area contributed by atoms with Crippen molar-refractivity contribution in [2.45, 2.75) is 50.2 Å². The van der Waals surface area contributed by atoms with Gasteiger partial charge in [-0.1, -0.05) is 42.5 Å². The number of nitrogens with zero attached hydrogens (tertiary/aromatic N) is 1. The average molecular weight is 459 g/mol. The van der Waals surface area contributed by atoms with Crippen LogP contribution in [0.15, 0.2) is 48.5 Å². The van der Waals surface area contributed by atoms with Crippen LogP contribution in [0.4, 0.5) is 0 Å². The van der Waals surface area contributed by atoms with Gasteiger partial charge in [-0.15, -0.1) is 0 Å². The lowest BCUT2D eigenvalue weighted by molar-refractivity contribution is -0.136. The molecule has 4 aliphatic rings. The second-order valence-corrected chi connectivity index (χ2v) is 10.6. The fraction of sp³-hybridized carbons (Fsp3) is 0.444. The first kappa shape index (κ1) is 21.5. The summed E-state index contributed by atoms with van der Waals surface area (Å²) in [4.78, 5) is 38.3. The molecule has 3 heterocycles. The number of rotatable bonds is 6. The second-order valence-electron chi connectivity index (χ2n) is 10.6. The fourth-order valence-corrected chi connectivity index (χ4v) is 6.52. The molecular formula is C27H30N4O3. The number of hydrogen-bond donors (Lipinski definition) is 3. The predicted octanol–water partition coefficient (Wildman–Crippen LogP) is 1.86. The van der Waals surface area contributed by atoms with Crippen molar-refractivity contribution < 1.29 is 14.4 Å². The van der Waals surface area contributed by atoms with Gasteiger partial charge in [0.2, 0.25) is 11.8 Å². The maximum atomic E-state index is 12.9. The van der Waals surface area contributed by atoms with Crippen LogP contribution in [0, 0.1) is 5.41 Å². The molecule has 34 heavy (non-hydrogen) atoms. The van der Waals surface area contributed by atoms with Gasteiger partial charge in [0, 0.05) is 50.1 Å². The highest BCUT2D eigenvalue weighted by Gasteiger charge is 2.57. The van der Waals surface area contributed by atoms with Crippen LogP contribution in [0.2, 0.25) is 0 Å². The summed E-state index contributed by atoms with van der Waals surface area (Å²) in [5.41, 5.74) is 4.82. The summed E-state index contributed by atoms with van der Waals surface area (Å²) in [6.07, 6.45) is 3.08. The number of benzene rings is 2. The molecule has 3 fully saturated rings. The molecule has 2 aromatic carbocycles. The fourth-order valence-electron chi connectivity index (χ4n) is 6.52. The molecule has 0 bridgehead atoms. The summed E-state index contributed by atoms with van der Waals surface area (Å²) >= 11 is 0. The van der Waals surface area contributed by atoms with E-state index in [0.29, 0.717) is 23.9 Å². The first-order valence-electron chi connectivity index (χ1n) is 12.2. The number of amides is 3. The van der Waals surface area contributed by atoms with Crippen molar-refractivity contribution in [1.82, 2.24) is 20.9 Å². The van der Waals surface area contributed by atoms with Gasteiger partial charge in [-0.2, -0.15) is 0 Å². The van der Waals surface area contributed by atoms with E-state index >= 15 is 0 Å². The largest absolute Gasteiger partial charge is 0.322 e. The van der Waals surface area contributed by atoms with Gasteiger partial charge in [-0.05, 0) is 47.4 Å². The highest BCUT2D eigenvalue weighted by Crippen LogP contribution is 2.57. The van der Waals surface area contributed by atoms with Gasteiger partial charge in [-0.3, -0.25) is 19.7 Å². The molecule has 1 aliphatic carbocycles. The third-order valence-corrected chi connectivity index (χ3v) is 8.19. The van der Waals surface area contributed by atoms with E-state index in [-0.39, 0.29) is 29.6 Å². The monoisotopic (exact) mass is 458 g/mol. The number of hydrogen-bond acceptors (Lipinski definition) is 5. The molecular weight excluding hydrogens is 428 g/mol. The van der Waals surface area contributed by atoms with Crippen LogP contribution in [0.5, 0.6) is 0 Å². The Morgan fingerprint density at radius 2 is 1.82 bits per heavy atom. The van der Waals surface area contributed by atoms with E-state index in [0.717, 1.165) is 37.3 Å². The normalized spacial score (nSPS) is 24.4. The van der Waals surface area contributed by atoms with Crippen LogP contribution in [-0.4, -0.2) is 48.3 Å². The SMILES string of the molecule is O=C1CCC(N2Cc3cc(CNCC4(c5ccccc5)CC5(CNC5)C4)ccc3C2=O)C(=O)N1. The van der Waals surface area contributed by atoms with E-state index in [1.54, 1.807) is 4.90 Å². The highest BCUT2D eigenvalue weighted by molar-refractivity contribution is 6.05. The summed E-state index contributed by atoms with van der Waals surface area (Å²) in [6, 6.07) is 16.2. The summed E-state index contributed by atoms with van der Waals surface area (Å²) in [5, 5.41) is 9.50. The third kappa shape index (κ3) is 3.54. The minimum atomic E-state index is -0.572. The van der Waals surface area contributed by atoms with E-state index in [1.807, 2.05) is 12.1 Å². The first-order valence-corrected chi connectivity index (χ1v) is 12.2. The molecule has 2 aromatic rings. The lowest BCUT2D eigenvalue weighted by Crippen LogP contribution is -2.67. The molecule has 1 saturated carbocycles. The standard InChI is InChI=1S/C27H30N4O3/c32-23-9-8-22(24(33)30-23)31-12-19-10-18(6-7-21(19)25(31)34)11-28-17-27(20-4-2-1-3-5-20)13-26(14-27)15-29-16-26/h1-7,10,22,28-29H,8-9,11-17H2,(H,30,32,33). The Bertz CT molecular complexity index is 1150. The van der Waals surface area contributed by atoms with Crippen LogP contribution in [0.25, 0.3) is 0 Å². The zero-order chi connectivity index (χ0) is 23.3. The Kier molecular flexibility index (Phi) is 5.08. The van der Waals surface area contributed by atoms with Crippen molar-refractivity contribution >= 4 is 17.7 Å². The highest BCUT2D eigenvalue weighted by atomic mass is 16.2. The van der Waals surface area contributed by atoms with Gasteiger partial charge >= 0.3 is 0 Å². The summed E-state index contributed by atoms with van der Waals surface area (Å²) < 4.78 is 0. The van der Waals surface area contributed by atoms with E-state index in [2.05, 4.69) is 52.3 Å². The average Bonchev–Trinajstić information content (AvgIpc) is 3.10. The number of carbonyl (C=O) groups is 3. The maximum Gasteiger partial charge on any atom is 0.255 e. The Labute approximate surface area is 199 Å². The lowest BCUT2D eigenvalue weighted by Gasteiger charge is -2.61. The third-order valence-electron chi connectivity index (χ3n) is 8.19. The first-order chi connectivity index (χ1) is 16.5. The number of carbonyl (C=O) groups excluding carboxylic acids is 3. The van der Waals surface area contributed by atoms with Crippen LogP contribution in [0.1, 0.15) is 52.7 Å². The van der Waals surface area contributed by atoms with Crippen molar-refractivity contribution in [3.05, 3.63) is 70.8 Å². The van der Waals surface area contributed by atoms with Gasteiger partial charge in [0.25, 0.3) is 5.91 Å². The van der Waals surface area contributed by atoms with Crippen LogP contribution in [0.3, 0.4) is 0 Å². The Balaban J connectivity index is 1.12. The van der Waals surface area contributed by atoms with Crippen molar-refractivity contribution in [1.29, 1.82) is 0 Å². The minimum Gasteiger partial charge on any atom is -0.322 e. The van der Waals surface area contributed by atoms with Crippen LogP contribution < -0.4 is 16.0 Å². The number of imide groups is 1. The van der Waals surface area contributed by atoms with Crippen molar-refractivity contribution in [3.8, 4) is 0 Å². The summed E-state index contributed by atoms with van der Waals surface area (Å²) in [6.45, 7) is 4.34. The minimum absolute atomic E-state index is 0.124. The number of nitrogens with one attached hydrogen (secondary N) is 3. The van der Waals surface area contributed by atoms with Gasteiger partial charge in [0.1, 0.15) is 6.04 Å². The van der Waals surface area contributed by atoms with Gasteiger partial charge in [0.05, 0.1) is 0 Å². The molecule has 3 amide bonds. The molecule has 176 valence electrons. The van der Waals surface area contributed by atoms with Crippen molar-refractivity contribution in [2.75, 3.05) is 19.6 Å². The zero-order valence-corrected chi connectivity index (χ0v) is 19.2. The predicted molar refractivity (Wildman–Crippen MR) is 127 cm³/mol. The molecule has 7 nitrogen and oxygen atoms in total. The van der Waals surface area contributed by atoms with Crippen LogP contribution in [-0.2, 0) is 28.1 Å². The Hall–Kier alpha value is -3.03. The molecule has 3 aliphatic heterocycles. The van der Waals surface area contributed by atoms with Crippen LogP contribution >= 0.6 is 0 Å². The summed E-state index contributed by atoms with van der Waals surface area (Å²) in [5.74, 6) is -0.760. The van der Waals surface area contributed by atoms with Gasteiger partial charge in [-0.25, -0.2) is 0 Å². The molecule has 1 atom stereocenters. The Morgan fingerprint density at radius 1 is 1.03 bits per heavy atom. The molecule has 3 N–H and O–H groups in total. The molecule has 7 heteroatoms. The molecule has 0 aromatic heterocycles. The van der Waals surface area contributed by atoms with E-state index in [9.17, 15) is 14.4 Å². The topological polar surface area (TPSA) is 90.5 Å². The van der Waals surface area contributed by atoms with Crippen molar-refractivity contribution in [3.63, 3.8) is 0 Å². The van der Waals surface area contributed by atoms with Gasteiger partial charge < -0.3 is 15.5 Å². The second kappa shape index (κ2) is 8.03. The zero-order valence-electron chi connectivity index (χ0n) is 19.2. The van der Waals surface area contributed by atoms with E-state index in [4.69, 9.17) is 0 Å².